The Kier molecular flexibility index (Phi) is 4.35. The molecule has 1 aromatic heterocycles. The normalized spacial score (nSPS) is 13.9. The van der Waals surface area contributed by atoms with Gasteiger partial charge in [0.25, 0.3) is 0 Å². The van der Waals surface area contributed by atoms with Crippen molar-refractivity contribution < 1.29 is 9.18 Å². The first-order valence-electron chi connectivity index (χ1n) is 8.59. The van der Waals surface area contributed by atoms with Crippen LogP contribution >= 0.6 is 0 Å². The molecule has 2 aromatic carbocycles. The van der Waals surface area contributed by atoms with Crippen LogP contribution < -0.4 is 5.32 Å². The van der Waals surface area contributed by atoms with Crippen LogP contribution in [0.25, 0.3) is 23.0 Å². The van der Waals surface area contributed by atoms with E-state index in [1.54, 1.807) is 22.9 Å². The number of hydrogen-bond donors (Lipinski definition) is 1. The standard InChI is InChI=1S/C21H18FN3O/c22-17-9-6-15(7-10-17)21-16(8-13-20(26)23-18-11-12-18)14-25(24-21)19-4-2-1-3-5-19/h1-10,13-14,18H,11-12H2,(H,23,26)/b13-8+. The highest BCUT2D eigenvalue weighted by molar-refractivity contribution is 5.93. The first kappa shape index (κ1) is 16.3. The van der Waals surface area contributed by atoms with E-state index >= 15 is 0 Å². The van der Waals surface area contributed by atoms with Gasteiger partial charge in [-0.1, -0.05) is 18.2 Å². The summed E-state index contributed by atoms with van der Waals surface area (Å²) >= 11 is 0. The highest BCUT2D eigenvalue weighted by atomic mass is 19.1. The minimum atomic E-state index is -0.294. The molecule has 0 atom stereocenters. The van der Waals surface area contributed by atoms with Gasteiger partial charge in [0.15, 0.2) is 0 Å². The summed E-state index contributed by atoms with van der Waals surface area (Å²) in [5, 5.41) is 7.57. The topological polar surface area (TPSA) is 46.9 Å². The SMILES string of the molecule is O=C(/C=C/c1cn(-c2ccccc2)nc1-c1ccc(F)cc1)NC1CC1. The van der Waals surface area contributed by atoms with Gasteiger partial charge in [0.05, 0.1) is 11.4 Å². The Morgan fingerprint density at radius 3 is 2.54 bits per heavy atom. The second-order valence-corrected chi connectivity index (χ2v) is 6.34. The van der Waals surface area contributed by atoms with Gasteiger partial charge in [-0.2, -0.15) is 5.10 Å². The zero-order chi connectivity index (χ0) is 17.9. The van der Waals surface area contributed by atoms with Crippen LogP contribution in [0.15, 0.2) is 66.9 Å². The molecule has 1 N–H and O–H groups in total. The number of para-hydroxylation sites is 1. The third-order valence-corrected chi connectivity index (χ3v) is 4.22. The van der Waals surface area contributed by atoms with Gasteiger partial charge in [-0.3, -0.25) is 4.79 Å². The molecule has 1 heterocycles. The van der Waals surface area contributed by atoms with Gasteiger partial charge < -0.3 is 5.32 Å². The molecule has 5 heteroatoms. The van der Waals surface area contributed by atoms with Crippen LogP contribution in [0.4, 0.5) is 4.39 Å². The fraction of sp³-hybridized carbons (Fsp3) is 0.143. The molecule has 1 amide bonds. The predicted octanol–water partition coefficient (Wildman–Crippen LogP) is 3.97. The molecule has 1 aliphatic carbocycles. The molecule has 0 radical (unpaired) electrons. The first-order chi connectivity index (χ1) is 12.7. The lowest BCUT2D eigenvalue weighted by Gasteiger charge is -2.00. The number of carbonyl (C=O) groups excluding carboxylic acids is 1. The van der Waals surface area contributed by atoms with E-state index in [4.69, 9.17) is 0 Å². The van der Waals surface area contributed by atoms with Crippen molar-refractivity contribution in [3.8, 4) is 16.9 Å². The smallest absolute Gasteiger partial charge is 0.244 e. The third kappa shape index (κ3) is 3.72. The van der Waals surface area contributed by atoms with Crippen molar-refractivity contribution in [2.75, 3.05) is 0 Å². The molecular formula is C21H18FN3O. The fourth-order valence-corrected chi connectivity index (χ4v) is 2.70. The summed E-state index contributed by atoms with van der Waals surface area (Å²) in [6, 6.07) is 16.2. The quantitative estimate of drug-likeness (QED) is 0.710. The lowest BCUT2D eigenvalue weighted by Crippen LogP contribution is -2.22. The highest BCUT2D eigenvalue weighted by Crippen LogP contribution is 2.25. The van der Waals surface area contributed by atoms with Crippen LogP contribution in [0, 0.1) is 5.82 Å². The molecule has 0 saturated heterocycles. The minimum absolute atomic E-state index is 0.106. The summed E-state index contributed by atoms with van der Waals surface area (Å²) in [6.45, 7) is 0. The molecule has 130 valence electrons. The molecule has 1 aliphatic rings. The van der Waals surface area contributed by atoms with Crippen molar-refractivity contribution in [3.63, 3.8) is 0 Å². The van der Waals surface area contributed by atoms with Crippen LogP contribution in [0.3, 0.4) is 0 Å². The summed E-state index contributed by atoms with van der Waals surface area (Å²) < 4.78 is 15.0. The second-order valence-electron chi connectivity index (χ2n) is 6.34. The Morgan fingerprint density at radius 2 is 1.85 bits per heavy atom. The van der Waals surface area contributed by atoms with Gasteiger partial charge in [-0.15, -0.1) is 0 Å². The zero-order valence-corrected chi connectivity index (χ0v) is 14.1. The molecule has 4 nitrogen and oxygen atoms in total. The van der Waals surface area contributed by atoms with E-state index in [1.165, 1.54) is 18.2 Å². The van der Waals surface area contributed by atoms with E-state index in [9.17, 15) is 9.18 Å². The Morgan fingerprint density at radius 1 is 1.12 bits per heavy atom. The van der Waals surface area contributed by atoms with Crippen LogP contribution in [0.2, 0.25) is 0 Å². The van der Waals surface area contributed by atoms with Crippen LogP contribution in [-0.4, -0.2) is 21.7 Å². The lowest BCUT2D eigenvalue weighted by atomic mass is 10.1. The minimum Gasteiger partial charge on any atom is -0.350 e. The maximum Gasteiger partial charge on any atom is 0.244 e. The van der Waals surface area contributed by atoms with Crippen LogP contribution in [0.5, 0.6) is 0 Å². The predicted molar refractivity (Wildman–Crippen MR) is 99.2 cm³/mol. The van der Waals surface area contributed by atoms with Gasteiger partial charge in [-0.05, 0) is 55.3 Å². The van der Waals surface area contributed by atoms with Crippen molar-refractivity contribution >= 4 is 12.0 Å². The molecule has 4 rings (SSSR count). The zero-order valence-electron chi connectivity index (χ0n) is 14.1. The Bertz CT molecular complexity index is 941. The van der Waals surface area contributed by atoms with E-state index in [-0.39, 0.29) is 11.7 Å². The number of halogens is 1. The van der Waals surface area contributed by atoms with Gasteiger partial charge in [0.1, 0.15) is 5.82 Å². The molecule has 0 bridgehead atoms. The molecule has 0 aliphatic heterocycles. The molecule has 1 saturated carbocycles. The van der Waals surface area contributed by atoms with E-state index < -0.39 is 0 Å². The fourth-order valence-electron chi connectivity index (χ4n) is 2.70. The molecule has 0 spiro atoms. The Hall–Kier alpha value is -3.21. The number of nitrogens with zero attached hydrogens (tertiary/aromatic N) is 2. The average molecular weight is 347 g/mol. The van der Waals surface area contributed by atoms with Crippen molar-refractivity contribution in [2.45, 2.75) is 18.9 Å². The summed E-state index contributed by atoms with van der Waals surface area (Å²) in [5.74, 6) is -0.401. The van der Waals surface area contributed by atoms with Crippen molar-refractivity contribution in [1.82, 2.24) is 15.1 Å². The lowest BCUT2D eigenvalue weighted by molar-refractivity contribution is -0.116. The molecular weight excluding hydrogens is 329 g/mol. The van der Waals surface area contributed by atoms with Gasteiger partial charge in [0.2, 0.25) is 5.91 Å². The van der Waals surface area contributed by atoms with Gasteiger partial charge >= 0.3 is 0 Å². The van der Waals surface area contributed by atoms with E-state index in [0.717, 1.165) is 29.7 Å². The summed E-state index contributed by atoms with van der Waals surface area (Å²) in [4.78, 5) is 12.0. The number of hydrogen-bond acceptors (Lipinski definition) is 2. The van der Waals surface area contributed by atoms with E-state index in [0.29, 0.717) is 11.7 Å². The number of nitrogens with one attached hydrogen (secondary N) is 1. The maximum absolute atomic E-state index is 13.3. The Labute approximate surface area is 151 Å². The highest BCUT2D eigenvalue weighted by Gasteiger charge is 2.22. The van der Waals surface area contributed by atoms with Crippen molar-refractivity contribution in [2.24, 2.45) is 0 Å². The van der Waals surface area contributed by atoms with Crippen LogP contribution in [-0.2, 0) is 4.79 Å². The summed E-state index contributed by atoms with van der Waals surface area (Å²) in [6.07, 6.45) is 7.24. The summed E-state index contributed by atoms with van der Waals surface area (Å²) in [7, 11) is 0. The number of rotatable bonds is 5. The first-order valence-corrected chi connectivity index (χ1v) is 8.59. The number of aromatic nitrogens is 2. The third-order valence-electron chi connectivity index (χ3n) is 4.22. The largest absolute Gasteiger partial charge is 0.350 e. The molecule has 1 fully saturated rings. The second kappa shape index (κ2) is 6.96. The van der Waals surface area contributed by atoms with Crippen molar-refractivity contribution in [3.05, 3.63) is 78.3 Å². The summed E-state index contributed by atoms with van der Waals surface area (Å²) in [5.41, 5.74) is 3.21. The number of benzene rings is 2. The van der Waals surface area contributed by atoms with Gasteiger partial charge in [0, 0.05) is 29.4 Å². The van der Waals surface area contributed by atoms with Crippen LogP contribution in [0.1, 0.15) is 18.4 Å². The molecule has 3 aromatic rings. The Balaban J connectivity index is 1.69. The van der Waals surface area contributed by atoms with E-state index in [2.05, 4.69) is 10.4 Å². The molecule has 26 heavy (non-hydrogen) atoms. The average Bonchev–Trinajstić information content (AvgIpc) is 3.37. The number of carbonyl (C=O) groups is 1. The number of amides is 1. The van der Waals surface area contributed by atoms with Crippen molar-refractivity contribution in [1.29, 1.82) is 0 Å². The van der Waals surface area contributed by atoms with E-state index in [1.807, 2.05) is 36.5 Å². The monoisotopic (exact) mass is 347 g/mol. The maximum atomic E-state index is 13.3. The van der Waals surface area contributed by atoms with Gasteiger partial charge in [-0.25, -0.2) is 9.07 Å². The molecule has 0 unspecified atom stereocenters.